The van der Waals surface area contributed by atoms with E-state index in [9.17, 15) is 4.79 Å². The standard InChI is InChI=1S/C16H15N7O2/c24-16(12-3-6-19-20-7-12)18-8-13-9-23-14(10-25-13)15(21-22-23)11-1-4-17-5-2-11/h1-7,13H,8-10H2,(H,18,24). The molecule has 1 atom stereocenters. The maximum Gasteiger partial charge on any atom is 0.253 e. The van der Waals surface area contributed by atoms with Gasteiger partial charge in [-0.25, -0.2) is 4.68 Å². The van der Waals surface area contributed by atoms with Gasteiger partial charge in [0.15, 0.2) is 0 Å². The van der Waals surface area contributed by atoms with Gasteiger partial charge in [0.05, 0.1) is 42.9 Å². The minimum absolute atomic E-state index is 0.168. The lowest BCUT2D eigenvalue weighted by atomic mass is 10.1. The molecule has 3 aromatic heterocycles. The van der Waals surface area contributed by atoms with Gasteiger partial charge in [-0.05, 0) is 18.2 Å². The van der Waals surface area contributed by atoms with Crippen LogP contribution < -0.4 is 5.32 Å². The van der Waals surface area contributed by atoms with Gasteiger partial charge in [-0.1, -0.05) is 5.21 Å². The van der Waals surface area contributed by atoms with Crippen molar-refractivity contribution >= 4 is 5.91 Å². The number of fused-ring (bicyclic) bond motifs is 1. The van der Waals surface area contributed by atoms with E-state index in [1.165, 1.54) is 12.4 Å². The lowest BCUT2D eigenvalue weighted by molar-refractivity contribution is 0.00176. The van der Waals surface area contributed by atoms with Gasteiger partial charge < -0.3 is 10.1 Å². The highest BCUT2D eigenvalue weighted by molar-refractivity contribution is 5.93. The highest BCUT2D eigenvalue weighted by Gasteiger charge is 2.24. The Balaban J connectivity index is 1.41. The van der Waals surface area contributed by atoms with E-state index in [1.54, 1.807) is 18.5 Å². The van der Waals surface area contributed by atoms with Crippen LogP contribution >= 0.6 is 0 Å². The molecule has 0 aliphatic carbocycles. The second-order valence-electron chi connectivity index (χ2n) is 5.58. The predicted octanol–water partition coefficient (Wildman–Crippen LogP) is 0.459. The average molecular weight is 337 g/mol. The fourth-order valence-electron chi connectivity index (χ4n) is 2.66. The van der Waals surface area contributed by atoms with Crippen LogP contribution in [-0.2, 0) is 17.9 Å². The zero-order valence-electron chi connectivity index (χ0n) is 13.2. The molecule has 0 bridgehead atoms. The van der Waals surface area contributed by atoms with Crippen LogP contribution in [0.25, 0.3) is 11.3 Å². The third-order valence-electron chi connectivity index (χ3n) is 3.96. The molecule has 1 amide bonds. The third-order valence-corrected chi connectivity index (χ3v) is 3.96. The van der Waals surface area contributed by atoms with Gasteiger partial charge >= 0.3 is 0 Å². The van der Waals surface area contributed by atoms with E-state index in [-0.39, 0.29) is 12.0 Å². The second-order valence-corrected chi connectivity index (χ2v) is 5.58. The molecule has 0 saturated heterocycles. The molecule has 4 rings (SSSR count). The van der Waals surface area contributed by atoms with Crippen molar-refractivity contribution in [3.63, 3.8) is 0 Å². The highest BCUT2D eigenvalue weighted by atomic mass is 16.5. The number of aromatic nitrogens is 6. The molecule has 3 aromatic rings. The summed E-state index contributed by atoms with van der Waals surface area (Å²) in [5, 5.41) is 18.6. The number of carbonyl (C=O) groups is 1. The minimum Gasteiger partial charge on any atom is -0.368 e. The van der Waals surface area contributed by atoms with Gasteiger partial charge in [-0.15, -0.1) is 5.10 Å². The van der Waals surface area contributed by atoms with E-state index >= 15 is 0 Å². The van der Waals surface area contributed by atoms with Crippen molar-refractivity contribution in [2.45, 2.75) is 19.3 Å². The Morgan fingerprint density at radius 2 is 2.12 bits per heavy atom. The fraction of sp³-hybridized carbons (Fsp3) is 0.250. The van der Waals surface area contributed by atoms with Gasteiger partial charge in [-0.2, -0.15) is 10.2 Å². The maximum absolute atomic E-state index is 12.0. The van der Waals surface area contributed by atoms with Gasteiger partial charge in [0.2, 0.25) is 0 Å². The van der Waals surface area contributed by atoms with Crippen molar-refractivity contribution in [3.8, 4) is 11.3 Å². The molecular weight excluding hydrogens is 322 g/mol. The Kier molecular flexibility index (Phi) is 4.13. The number of amides is 1. The molecule has 9 nitrogen and oxygen atoms in total. The van der Waals surface area contributed by atoms with E-state index in [1.807, 2.05) is 16.8 Å². The molecule has 126 valence electrons. The topological polar surface area (TPSA) is 108 Å². The Morgan fingerprint density at radius 1 is 1.24 bits per heavy atom. The van der Waals surface area contributed by atoms with Gasteiger partial charge in [0.1, 0.15) is 5.69 Å². The summed E-state index contributed by atoms with van der Waals surface area (Å²) in [5.74, 6) is -0.208. The van der Waals surface area contributed by atoms with Crippen molar-refractivity contribution in [1.29, 1.82) is 0 Å². The lowest BCUT2D eigenvalue weighted by Gasteiger charge is -2.24. The van der Waals surface area contributed by atoms with Crippen molar-refractivity contribution in [3.05, 3.63) is 54.2 Å². The normalized spacial score (nSPS) is 16.2. The van der Waals surface area contributed by atoms with E-state index in [4.69, 9.17) is 4.74 Å². The molecule has 1 N–H and O–H groups in total. The number of ether oxygens (including phenoxy) is 1. The zero-order valence-corrected chi connectivity index (χ0v) is 13.2. The molecule has 1 aliphatic rings. The predicted molar refractivity (Wildman–Crippen MR) is 86.2 cm³/mol. The van der Waals surface area contributed by atoms with E-state index in [0.717, 1.165) is 17.0 Å². The van der Waals surface area contributed by atoms with Gasteiger partial charge in [0, 0.05) is 24.5 Å². The first kappa shape index (κ1) is 15.3. The Morgan fingerprint density at radius 3 is 2.92 bits per heavy atom. The van der Waals surface area contributed by atoms with E-state index in [0.29, 0.717) is 25.3 Å². The highest BCUT2D eigenvalue weighted by Crippen LogP contribution is 2.24. The van der Waals surface area contributed by atoms with E-state index in [2.05, 4.69) is 30.8 Å². The zero-order chi connectivity index (χ0) is 17.1. The SMILES string of the molecule is O=C(NCC1Cn2nnc(-c3ccncc3)c2CO1)c1ccnnc1. The average Bonchev–Trinajstić information content (AvgIpc) is 3.10. The smallest absolute Gasteiger partial charge is 0.253 e. The molecule has 0 aromatic carbocycles. The minimum atomic E-state index is -0.208. The van der Waals surface area contributed by atoms with Gasteiger partial charge in [0.25, 0.3) is 5.91 Å². The molecule has 0 spiro atoms. The molecule has 1 aliphatic heterocycles. The van der Waals surface area contributed by atoms with Crippen molar-refractivity contribution < 1.29 is 9.53 Å². The monoisotopic (exact) mass is 337 g/mol. The third kappa shape index (κ3) is 3.22. The summed E-state index contributed by atoms with van der Waals surface area (Å²) < 4.78 is 7.68. The summed E-state index contributed by atoms with van der Waals surface area (Å²) in [7, 11) is 0. The van der Waals surface area contributed by atoms with Crippen molar-refractivity contribution in [2.75, 3.05) is 6.54 Å². The maximum atomic E-state index is 12.0. The molecule has 25 heavy (non-hydrogen) atoms. The molecule has 0 fully saturated rings. The van der Waals surface area contributed by atoms with Crippen LogP contribution in [0.5, 0.6) is 0 Å². The Labute approximate surface area is 143 Å². The van der Waals surface area contributed by atoms with E-state index < -0.39 is 0 Å². The number of nitrogens with zero attached hydrogens (tertiary/aromatic N) is 6. The molecule has 0 saturated carbocycles. The first-order valence-electron chi connectivity index (χ1n) is 7.80. The Hall–Kier alpha value is -3.20. The first-order chi connectivity index (χ1) is 12.3. The summed E-state index contributed by atoms with van der Waals surface area (Å²) >= 11 is 0. The Bertz CT molecular complexity index is 867. The van der Waals surface area contributed by atoms with Crippen LogP contribution in [0.2, 0.25) is 0 Å². The summed E-state index contributed by atoms with van der Waals surface area (Å²) in [6.45, 7) is 1.30. The van der Waals surface area contributed by atoms with Crippen molar-refractivity contribution in [1.82, 2.24) is 35.5 Å². The number of rotatable bonds is 4. The summed E-state index contributed by atoms with van der Waals surface area (Å²) in [6.07, 6.45) is 6.17. The molecule has 4 heterocycles. The molecular formula is C16H15N7O2. The van der Waals surface area contributed by atoms with Crippen LogP contribution in [0.15, 0.2) is 43.0 Å². The van der Waals surface area contributed by atoms with Crippen LogP contribution in [0.3, 0.4) is 0 Å². The van der Waals surface area contributed by atoms with Crippen LogP contribution in [-0.4, -0.2) is 48.7 Å². The largest absolute Gasteiger partial charge is 0.368 e. The van der Waals surface area contributed by atoms with Gasteiger partial charge in [-0.3, -0.25) is 9.78 Å². The molecule has 0 radical (unpaired) electrons. The van der Waals surface area contributed by atoms with Crippen LogP contribution in [0.4, 0.5) is 0 Å². The summed E-state index contributed by atoms with van der Waals surface area (Å²) in [5.41, 5.74) is 3.14. The first-order valence-corrected chi connectivity index (χ1v) is 7.80. The van der Waals surface area contributed by atoms with Crippen LogP contribution in [0.1, 0.15) is 16.1 Å². The summed E-state index contributed by atoms with van der Waals surface area (Å²) in [4.78, 5) is 16.1. The van der Waals surface area contributed by atoms with Crippen LogP contribution in [0, 0.1) is 0 Å². The molecule has 1 unspecified atom stereocenters. The number of pyridine rings is 1. The number of carbonyl (C=O) groups excluding carboxylic acids is 1. The quantitative estimate of drug-likeness (QED) is 0.737. The second kappa shape index (κ2) is 6.73. The van der Waals surface area contributed by atoms with Crippen molar-refractivity contribution in [2.24, 2.45) is 0 Å². The molecule has 9 heteroatoms. The summed E-state index contributed by atoms with van der Waals surface area (Å²) in [6, 6.07) is 5.39. The lowest BCUT2D eigenvalue weighted by Crippen LogP contribution is -2.39. The number of hydrogen-bond donors (Lipinski definition) is 1. The number of nitrogens with one attached hydrogen (secondary N) is 1. The fourth-order valence-corrected chi connectivity index (χ4v) is 2.66. The number of hydrogen-bond acceptors (Lipinski definition) is 7.